The molecule has 0 spiro atoms. The number of hydrogen-bond donors (Lipinski definition) is 1. The lowest BCUT2D eigenvalue weighted by Gasteiger charge is -2.44. The molecule has 1 aromatic heterocycles. The van der Waals surface area contributed by atoms with Crippen LogP contribution in [0.4, 0.5) is 17.6 Å². The van der Waals surface area contributed by atoms with Crippen LogP contribution in [-0.4, -0.2) is 37.7 Å². The number of amidine groups is 1. The van der Waals surface area contributed by atoms with Gasteiger partial charge < -0.3 is 23.9 Å². The number of aliphatic imine (C=N–C) groups is 1. The number of fused-ring (bicyclic) bond motifs is 1. The van der Waals surface area contributed by atoms with Gasteiger partial charge >= 0.3 is 5.92 Å². The minimum atomic E-state index is -3.75. The molecule has 1 N–H and O–H groups in total. The van der Waals surface area contributed by atoms with E-state index >= 15 is 17.6 Å². The number of benzene rings is 5. The minimum Gasteiger partial charge on any atom is -0.497 e. The zero-order chi connectivity index (χ0) is 36.0. The van der Waals surface area contributed by atoms with Crippen LogP contribution in [0, 0.1) is 11.6 Å². The highest BCUT2D eigenvalue weighted by Gasteiger charge is 2.58. The third-order valence-corrected chi connectivity index (χ3v) is 9.35. The van der Waals surface area contributed by atoms with Crippen molar-refractivity contribution in [2.75, 3.05) is 20.8 Å². The van der Waals surface area contributed by atoms with E-state index in [1.165, 1.54) is 6.07 Å². The number of nitrogens with one attached hydrogen (secondary N) is 1. The van der Waals surface area contributed by atoms with E-state index in [1.807, 2.05) is 54.6 Å². The molecule has 12 heteroatoms. The molecule has 0 aliphatic carbocycles. The van der Waals surface area contributed by atoms with Gasteiger partial charge in [-0.05, 0) is 66.1 Å². The van der Waals surface area contributed by atoms with E-state index in [9.17, 15) is 0 Å². The predicted molar refractivity (Wildman–Crippen MR) is 186 cm³/mol. The fourth-order valence-electron chi connectivity index (χ4n) is 6.28. The zero-order valence-corrected chi connectivity index (χ0v) is 28.3. The molecule has 7 nitrogen and oxygen atoms in total. The third-order valence-electron chi connectivity index (χ3n) is 9.12. The molecule has 7 rings (SSSR count). The topological polar surface area (TPSA) is 78.1 Å². The Balaban J connectivity index is 1.36. The van der Waals surface area contributed by atoms with Crippen LogP contribution in [0.1, 0.15) is 29.2 Å². The number of ether oxygens (including phenoxy) is 3. The van der Waals surface area contributed by atoms with Crippen LogP contribution in [0.3, 0.4) is 0 Å². The van der Waals surface area contributed by atoms with E-state index in [0.717, 1.165) is 13.0 Å². The Bertz CT molecular complexity index is 2200. The summed E-state index contributed by atoms with van der Waals surface area (Å²) in [5.41, 5.74) is -2.30. The normalized spacial score (nSPS) is 17.1. The largest absolute Gasteiger partial charge is 0.497 e. The van der Waals surface area contributed by atoms with Gasteiger partial charge in [0.1, 0.15) is 40.7 Å². The van der Waals surface area contributed by atoms with Gasteiger partial charge in [-0.2, -0.15) is 8.78 Å². The van der Waals surface area contributed by atoms with Crippen molar-refractivity contribution in [2.45, 2.75) is 24.0 Å². The van der Waals surface area contributed by atoms with E-state index in [0.29, 0.717) is 44.8 Å². The van der Waals surface area contributed by atoms with Gasteiger partial charge in [0.15, 0.2) is 5.58 Å². The second kappa shape index (κ2) is 13.0. The summed E-state index contributed by atoms with van der Waals surface area (Å²) in [7, 11) is 3.10. The SMILES string of the molecule is COc1ccc(C(NC2=NCC(F)(F)[C@@](C)(c3cc(-c4nc5ccc(Cl)cc5o4)c(F)cc3F)O2)(c2ccccc2)c2ccc(OC)cc2)cc1. The molecular weight excluding hydrogens is 686 g/mol. The molecule has 260 valence electrons. The smallest absolute Gasteiger partial charge is 0.310 e. The molecule has 6 aromatic rings. The molecule has 0 radical (unpaired) electrons. The van der Waals surface area contributed by atoms with Crippen LogP contribution in [0.5, 0.6) is 11.5 Å². The highest BCUT2D eigenvalue weighted by molar-refractivity contribution is 6.31. The summed E-state index contributed by atoms with van der Waals surface area (Å²) in [5.74, 6) is -5.12. The average Bonchev–Trinajstić information content (AvgIpc) is 3.55. The Labute approximate surface area is 295 Å². The Kier molecular flexibility index (Phi) is 8.62. The molecule has 0 amide bonds. The van der Waals surface area contributed by atoms with E-state index in [1.54, 1.807) is 50.6 Å². The minimum absolute atomic E-state index is 0.237. The Morgan fingerprint density at radius 2 is 1.39 bits per heavy atom. The summed E-state index contributed by atoms with van der Waals surface area (Å²) in [6, 6.07) is 29.5. The van der Waals surface area contributed by atoms with Gasteiger partial charge in [-0.15, -0.1) is 0 Å². The zero-order valence-electron chi connectivity index (χ0n) is 27.5. The predicted octanol–water partition coefficient (Wildman–Crippen LogP) is 9.26. The van der Waals surface area contributed by atoms with Crippen LogP contribution in [-0.2, 0) is 15.9 Å². The first-order chi connectivity index (χ1) is 24.5. The third kappa shape index (κ3) is 5.91. The Morgan fingerprint density at radius 3 is 2.00 bits per heavy atom. The van der Waals surface area contributed by atoms with E-state index in [-0.39, 0.29) is 23.1 Å². The van der Waals surface area contributed by atoms with Gasteiger partial charge in [0.2, 0.25) is 11.5 Å². The summed E-state index contributed by atoms with van der Waals surface area (Å²) in [4.78, 5) is 8.42. The highest BCUT2D eigenvalue weighted by atomic mass is 35.5. The standard InChI is InChI=1S/C39H30ClF4N3O4/c1-37(30-20-29(31(41)21-32(30)42)35-46-33-18-13-26(40)19-34(33)50-35)38(43,44)22-45-36(51-37)47-39(23-7-5-4-6-8-23,24-9-14-27(48-2)15-10-24)25-11-16-28(49-3)17-12-25/h4-21H,22H2,1-3H3,(H,45,47)/t37-/m1/s1. The number of hydrogen-bond acceptors (Lipinski definition) is 7. The Morgan fingerprint density at radius 1 is 0.784 bits per heavy atom. The van der Waals surface area contributed by atoms with Crippen LogP contribution in [0.25, 0.3) is 22.6 Å². The summed E-state index contributed by atoms with van der Waals surface area (Å²) in [5, 5.41) is 3.68. The van der Waals surface area contributed by atoms with Gasteiger partial charge in [0, 0.05) is 22.7 Å². The number of aromatic nitrogens is 1. The van der Waals surface area contributed by atoms with Crippen molar-refractivity contribution >= 4 is 28.7 Å². The Hall–Kier alpha value is -5.55. The van der Waals surface area contributed by atoms with Gasteiger partial charge in [0.25, 0.3) is 6.02 Å². The molecule has 5 aromatic carbocycles. The number of nitrogens with zero attached hydrogens (tertiary/aromatic N) is 2. The molecular formula is C39H30ClF4N3O4. The van der Waals surface area contributed by atoms with Crippen LogP contribution >= 0.6 is 11.6 Å². The summed E-state index contributed by atoms with van der Waals surface area (Å²) >= 11 is 6.07. The second-order valence-electron chi connectivity index (χ2n) is 12.1. The quantitative estimate of drug-likeness (QED) is 0.125. The van der Waals surface area contributed by atoms with Crippen LogP contribution in [0.15, 0.2) is 119 Å². The molecule has 1 aliphatic heterocycles. The first-order valence-corrected chi connectivity index (χ1v) is 16.2. The molecule has 0 bridgehead atoms. The molecule has 0 unspecified atom stereocenters. The van der Waals surface area contributed by atoms with E-state index < -0.39 is 40.8 Å². The molecule has 1 atom stereocenters. The molecule has 0 saturated carbocycles. The van der Waals surface area contributed by atoms with E-state index in [2.05, 4.69) is 15.3 Å². The molecule has 0 fully saturated rings. The molecule has 0 saturated heterocycles. The summed E-state index contributed by atoms with van der Waals surface area (Å²) < 4.78 is 85.9. The fourth-order valence-corrected chi connectivity index (χ4v) is 6.44. The van der Waals surface area contributed by atoms with Crippen LogP contribution in [0.2, 0.25) is 5.02 Å². The summed E-state index contributed by atoms with van der Waals surface area (Å²) in [6.07, 6.45) is 0. The second-order valence-corrected chi connectivity index (χ2v) is 12.5. The lowest BCUT2D eigenvalue weighted by Crippen LogP contribution is -2.58. The lowest BCUT2D eigenvalue weighted by molar-refractivity contribution is -0.175. The van der Waals surface area contributed by atoms with Gasteiger partial charge in [0.05, 0.1) is 19.8 Å². The van der Waals surface area contributed by atoms with E-state index in [4.69, 9.17) is 30.2 Å². The average molecular weight is 716 g/mol. The van der Waals surface area contributed by atoms with Crippen molar-refractivity contribution in [3.63, 3.8) is 0 Å². The maximum atomic E-state index is 16.1. The molecule has 1 aliphatic rings. The van der Waals surface area contributed by atoms with Crippen LogP contribution < -0.4 is 14.8 Å². The van der Waals surface area contributed by atoms with Crippen molar-refractivity contribution in [3.05, 3.63) is 148 Å². The maximum Gasteiger partial charge on any atom is 0.310 e. The fraction of sp³-hybridized carbons (Fsp3) is 0.179. The van der Waals surface area contributed by atoms with Crippen molar-refractivity contribution in [1.82, 2.24) is 10.3 Å². The number of oxazole rings is 1. The molecule has 2 heterocycles. The van der Waals surface area contributed by atoms with Crippen molar-refractivity contribution in [1.29, 1.82) is 0 Å². The lowest BCUT2D eigenvalue weighted by atomic mass is 9.77. The number of rotatable bonds is 8. The maximum absolute atomic E-state index is 16.1. The van der Waals surface area contributed by atoms with Crippen molar-refractivity contribution in [3.8, 4) is 23.0 Å². The van der Waals surface area contributed by atoms with Crippen molar-refractivity contribution in [2.24, 2.45) is 4.99 Å². The summed E-state index contributed by atoms with van der Waals surface area (Å²) in [6.45, 7) is -0.0320. The first-order valence-electron chi connectivity index (χ1n) is 15.8. The van der Waals surface area contributed by atoms with Crippen molar-refractivity contribution < 1.29 is 36.2 Å². The number of halogens is 5. The van der Waals surface area contributed by atoms with Gasteiger partial charge in [-0.1, -0.05) is 66.2 Å². The number of alkyl halides is 2. The monoisotopic (exact) mass is 715 g/mol. The van der Waals surface area contributed by atoms with Gasteiger partial charge in [-0.3, -0.25) is 0 Å². The highest BCUT2D eigenvalue weighted by Crippen LogP contribution is 2.47. The molecule has 51 heavy (non-hydrogen) atoms. The number of methoxy groups -OCH3 is 2. The first kappa shape index (κ1) is 33.9. The van der Waals surface area contributed by atoms with Gasteiger partial charge in [-0.25, -0.2) is 18.8 Å².